The van der Waals surface area contributed by atoms with Crippen molar-refractivity contribution in [2.24, 2.45) is 5.73 Å². The number of hydrogen-bond acceptors (Lipinski definition) is 1. The lowest BCUT2D eigenvalue weighted by Crippen LogP contribution is -2.42. The minimum absolute atomic E-state index is 0.587. The summed E-state index contributed by atoms with van der Waals surface area (Å²) < 4.78 is 0. The molecule has 0 spiro atoms. The first-order valence-electron chi connectivity index (χ1n) is 4.81. The van der Waals surface area contributed by atoms with Crippen LogP contribution in [0.2, 0.25) is 0 Å². The van der Waals surface area contributed by atoms with E-state index in [0.29, 0.717) is 11.2 Å². The van der Waals surface area contributed by atoms with Gasteiger partial charge in [-0.1, -0.05) is 19.8 Å². The Labute approximate surface area is 80.1 Å². The normalized spacial score (nSPS) is 25.1. The zero-order chi connectivity index (χ0) is 8.97. The molecule has 0 saturated carbocycles. The number of thiocarbonyl (C=S) groups is 1. The molecular formula is C9H18N2S. The highest BCUT2D eigenvalue weighted by molar-refractivity contribution is 7.80. The van der Waals surface area contributed by atoms with Crippen molar-refractivity contribution in [3.63, 3.8) is 0 Å². The lowest BCUT2D eigenvalue weighted by atomic mass is 10.1. The molecule has 70 valence electrons. The van der Waals surface area contributed by atoms with Crippen molar-refractivity contribution in [1.29, 1.82) is 0 Å². The van der Waals surface area contributed by atoms with Crippen LogP contribution >= 0.6 is 12.2 Å². The van der Waals surface area contributed by atoms with Gasteiger partial charge in [0.25, 0.3) is 0 Å². The first kappa shape index (κ1) is 9.78. The van der Waals surface area contributed by atoms with Gasteiger partial charge < -0.3 is 10.6 Å². The average molecular weight is 186 g/mol. The molecule has 3 heteroatoms. The van der Waals surface area contributed by atoms with E-state index >= 15 is 0 Å². The first-order chi connectivity index (χ1) is 5.75. The third-order valence-corrected chi connectivity index (χ3v) is 2.87. The molecule has 2 N–H and O–H groups in total. The summed E-state index contributed by atoms with van der Waals surface area (Å²) in [5.41, 5.74) is 5.66. The number of hydrogen-bond donors (Lipinski definition) is 1. The molecule has 2 nitrogen and oxygen atoms in total. The summed E-state index contributed by atoms with van der Waals surface area (Å²) in [6, 6.07) is 0.602. The van der Waals surface area contributed by atoms with Crippen LogP contribution in [-0.2, 0) is 0 Å². The second-order valence-corrected chi connectivity index (χ2v) is 3.86. The van der Waals surface area contributed by atoms with E-state index in [1.807, 2.05) is 0 Å². The predicted octanol–water partition coefficient (Wildman–Crippen LogP) is 1.88. The van der Waals surface area contributed by atoms with Crippen molar-refractivity contribution in [2.45, 2.75) is 45.1 Å². The van der Waals surface area contributed by atoms with Crippen molar-refractivity contribution < 1.29 is 0 Å². The van der Waals surface area contributed by atoms with Gasteiger partial charge >= 0.3 is 0 Å². The maximum Gasteiger partial charge on any atom is 0.166 e. The second kappa shape index (κ2) is 4.65. The van der Waals surface area contributed by atoms with Crippen LogP contribution in [-0.4, -0.2) is 22.6 Å². The van der Waals surface area contributed by atoms with Crippen molar-refractivity contribution >= 4 is 17.3 Å². The fourth-order valence-electron chi connectivity index (χ4n) is 1.89. The second-order valence-electron chi connectivity index (χ2n) is 3.44. The van der Waals surface area contributed by atoms with Crippen molar-refractivity contribution in [1.82, 2.24) is 4.90 Å². The number of nitrogens with zero attached hydrogens (tertiary/aromatic N) is 1. The van der Waals surface area contributed by atoms with Gasteiger partial charge in [0.1, 0.15) is 0 Å². The third-order valence-electron chi connectivity index (χ3n) is 2.63. The minimum Gasteiger partial charge on any atom is -0.376 e. The average Bonchev–Trinajstić information content (AvgIpc) is 2.27. The third kappa shape index (κ3) is 2.34. The van der Waals surface area contributed by atoms with Gasteiger partial charge in [0.2, 0.25) is 0 Å². The summed E-state index contributed by atoms with van der Waals surface area (Å²) in [6.45, 7) is 3.27. The van der Waals surface area contributed by atoms with Gasteiger partial charge in [0, 0.05) is 12.6 Å². The highest BCUT2D eigenvalue weighted by Gasteiger charge is 2.19. The Morgan fingerprint density at radius 2 is 2.25 bits per heavy atom. The lowest BCUT2D eigenvalue weighted by molar-refractivity contribution is 0.309. The van der Waals surface area contributed by atoms with Gasteiger partial charge in [-0.05, 0) is 31.5 Å². The number of rotatable bonds is 1. The van der Waals surface area contributed by atoms with Crippen LogP contribution in [0.15, 0.2) is 0 Å². The summed E-state index contributed by atoms with van der Waals surface area (Å²) in [4.78, 5) is 2.20. The van der Waals surface area contributed by atoms with Gasteiger partial charge in [0.15, 0.2) is 5.11 Å². The molecule has 0 aliphatic carbocycles. The van der Waals surface area contributed by atoms with Crippen LogP contribution in [0.4, 0.5) is 0 Å². The Bertz CT molecular complexity index is 159. The zero-order valence-corrected chi connectivity index (χ0v) is 8.57. The highest BCUT2D eigenvalue weighted by atomic mass is 32.1. The molecule has 1 heterocycles. The van der Waals surface area contributed by atoms with Gasteiger partial charge in [-0.2, -0.15) is 0 Å². The molecule has 0 bridgehead atoms. The maximum atomic E-state index is 5.66. The molecule has 1 saturated heterocycles. The highest BCUT2D eigenvalue weighted by Crippen LogP contribution is 2.18. The van der Waals surface area contributed by atoms with Crippen LogP contribution in [0.5, 0.6) is 0 Å². The van der Waals surface area contributed by atoms with E-state index in [-0.39, 0.29) is 0 Å². The van der Waals surface area contributed by atoms with Crippen molar-refractivity contribution in [3.8, 4) is 0 Å². The predicted molar refractivity (Wildman–Crippen MR) is 56.0 cm³/mol. The Hall–Kier alpha value is -0.310. The van der Waals surface area contributed by atoms with Gasteiger partial charge in [-0.3, -0.25) is 0 Å². The van der Waals surface area contributed by atoms with Crippen LogP contribution in [0.25, 0.3) is 0 Å². The minimum atomic E-state index is 0.587. The Kier molecular flexibility index (Phi) is 3.79. The van der Waals surface area contributed by atoms with E-state index in [2.05, 4.69) is 11.8 Å². The van der Waals surface area contributed by atoms with Crippen molar-refractivity contribution in [3.05, 3.63) is 0 Å². The molecule has 0 aromatic heterocycles. The molecule has 0 aromatic rings. The van der Waals surface area contributed by atoms with E-state index < -0.39 is 0 Å². The topological polar surface area (TPSA) is 29.3 Å². The van der Waals surface area contributed by atoms with E-state index in [1.54, 1.807) is 0 Å². The quantitative estimate of drug-likeness (QED) is 0.634. The maximum absolute atomic E-state index is 5.66. The van der Waals surface area contributed by atoms with E-state index in [4.69, 9.17) is 18.0 Å². The summed E-state index contributed by atoms with van der Waals surface area (Å²) in [5, 5.41) is 0.587. The lowest BCUT2D eigenvalue weighted by Gasteiger charge is -2.29. The summed E-state index contributed by atoms with van der Waals surface area (Å²) >= 11 is 5.02. The summed E-state index contributed by atoms with van der Waals surface area (Å²) in [6.07, 6.45) is 6.33. The molecule has 1 unspecified atom stereocenters. The Morgan fingerprint density at radius 3 is 2.83 bits per heavy atom. The van der Waals surface area contributed by atoms with Crippen LogP contribution in [0, 0.1) is 0 Å². The molecule has 0 radical (unpaired) electrons. The van der Waals surface area contributed by atoms with Crippen LogP contribution in [0.1, 0.15) is 39.0 Å². The molecule has 1 aliphatic heterocycles. The largest absolute Gasteiger partial charge is 0.376 e. The summed E-state index contributed by atoms with van der Waals surface area (Å²) in [5.74, 6) is 0. The van der Waals surface area contributed by atoms with E-state index in [0.717, 1.165) is 13.0 Å². The molecule has 1 aliphatic rings. The molecule has 1 fully saturated rings. The molecular weight excluding hydrogens is 168 g/mol. The van der Waals surface area contributed by atoms with Crippen LogP contribution < -0.4 is 5.73 Å². The molecule has 1 atom stereocenters. The first-order valence-corrected chi connectivity index (χ1v) is 5.22. The van der Waals surface area contributed by atoms with E-state index in [9.17, 15) is 0 Å². The standard InChI is InChI=1S/C9H18N2S/c1-2-8-6-4-3-5-7-11(8)9(10)12/h8H,2-7H2,1H3,(H2,10,12). The fourth-order valence-corrected chi connectivity index (χ4v) is 2.13. The van der Waals surface area contributed by atoms with Gasteiger partial charge in [-0.15, -0.1) is 0 Å². The Balaban J connectivity index is 2.57. The molecule has 0 aromatic carbocycles. The fraction of sp³-hybridized carbons (Fsp3) is 0.889. The number of likely N-dealkylation sites (tertiary alicyclic amines) is 1. The van der Waals surface area contributed by atoms with Gasteiger partial charge in [0.05, 0.1) is 0 Å². The zero-order valence-electron chi connectivity index (χ0n) is 7.75. The van der Waals surface area contributed by atoms with Gasteiger partial charge in [-0.25, -0.2) is 0 Å². The molecule has 1 rings (SSSR count). The smallest absolute Gasteiger partial charge is 0.166 e. The van der Waals surface area contributed by atoms with Crippen molar-refractivity contribution in [2.75, 3.05) is 6.54 Å². The Morgan fingerprint density at radius 1 is 1.50 bits per heavy atom. The molecule has 12 heavy (non-hydrogen) atoms. The summed E-state index contributed by atoms with van der Waals surface area (Å²) in [7, 11) is 0. The van der Waals surface area contributed by atoms with E-state index in [1.165, 1.54) is 25.7 Å². The molecule has 0 amide bonds. The SMILES string of the molecule is CCC1CCCCCN1C(N)=S. The number of nitrogens with two attached hydrogens (primary N) is 1. The van der Waals surface area contributed by atoms with Crippen LogP contribution in [0.3, 0.4) is 0 Å². The monoisotopic (exact) mass is 186 g/mol.